The fraction of sp³-hybridized carbons (Fsp3) is 0.333. The van der Waals surface area contributed by atoms with Crippen molar-refractivity contribution in [2.24, 2.45) is 0 Å². The minimum atomic E-state index is -0.572. The molecule has 0 saturated heterocycles. The number of carbonyl (C=O) groups is 1. The standard InChI is InChI=1S/C12H15BrN4O3/c1-3-16(7-10-4-5-11(13)14-6-10)12(8-17(19)20)15(2)9-18/h4-6,8-9H,3,7H2,1-2H3. The van der Waals surface area contributed by atoms with Gasteiger partial charge in [0.25, 0.3) is 6.20 Å². The van der Waals surface area contributed by atoms with Gasteiger partial charge in [-0.3, -0.25) is 19.8 Å². The Morgan fingerprint density at radius 2 is 2.25 bits per heavy atom. The maximum Gasteiger partial charge on any atom is 0.274 e. The molecule has 0 saturated carbocycles. The zero-order valence-electron chi connectivity index (χ0n) is 11.2. The first-order valence-electron chi connectivity index (χ1n) is 5.86. The molecule has 7 nitrogen and oxygen atoms in total. The number of hydrogen-bond donors (Lipinski definition) is 0. The first kappa shape index (κ1) is 16.1. The summed E-state index contributed by atoms with van der Waals surface area (Å²) in [6, 6.07) is 3.66. The predicted octanol–water partition coefficient (Wildman–Crippen LogP) is 1.83. The highest BCUT2D eigenvalue weighted by atomic mass is 79.9. The number of pyridine rings is 1. The molecule has 0 aromatic carbocycles. The van der Waals surface area contributed by atoms with E-state index in [0.717, 1.165) is 16.4 Å². The highest BCUT2D eigenvalue weighted by Crippen LogP contribution is 2.14. The van der Waals surface area contributed by atoms with Crippen LogP contribution in [0.3, 0.4) is 0 Å². The van der Waals surface area contributed by atoms with Crippen molar-refractivity contribution in [3.63, 3.8) is 0 Å². The number of hydrogen-bond acceptors (Lipinski definition) is 5. The van der Waals surface area contributed by atoms with Crippen LogP contribution >= 0.6 is 15.9 Å². The van der Waals surface area contributed by atoms with E-state index in [1.54, 1.807) is 17.2 Å². The minimum absolute atomic E-state index is 0.232. The summed E-state index contributed by atoms with van der Waals surface area (Å²) in [4.78, 5) is 28.0. The zero-order valence-corrected chi connectivity index (χ0v) is 12.8. The predicted molar refractivity (Wildman–Crippen MR) is 76.9 cm³/mol. The van der Waals surface area contributed by atoms with Gasteiger partial charge in [0, 0.05) is 26.3 Å². The summed E-state index contributed by atoms with van der Waals surface area (Å²) in [6.45, 7) is 2.81. The van der Waals surface area contributed by atoms with Gasteiger partial charge in [-0.25, -0.2) is 4.98 Å². The molecule has 20 heavy (non-hydrogen) atoms. The van der Waals surface area contributed by atoms with Crippen LogP contribution in [0.1, 0.15) is 12.5 Å². The van der Waals surface area contributed by atoms with Gasteiger partial charge in [0.1, 0.15) is 4.60 Å². The van der Waals surface area contributed by atoms with Gasteiger partial charge in [-0.05, 0) is 34.5 Å². The molecule has 0 aliphatic carbocycles. The molecule has 0 N–H and O–H groups in total. The second-order valence-corrected chi connectivity index (χ2v) is 4.80. The molecule has 1 amide bonds. The highest BCUT2D eigenvalue weighted by Gasteiger charge is 2.16. The molecule has 0 unspecified atom stereocenters. The van der Waals surface area contributed by atoms with Crippen molar-refractivity contribution in [3.05, 3.63) is 50.6 Å². The van der Waals surface area contributed by atoms with Crippen LogP contribution in [0.2, 0.25) is 0 Å². The molecule has 0 bridgehead atoms. The average molecular weight is 343 g/mol. The number of halogens is 1. The van der Waals surface area contributed by atoms with E-state index in [2.05, 4.69) is 20.9 Å². The number of rotatable bonds is 7. The fourth-order valence-electron chi connectivity index (χ4n) is 1.62. The number of amides is 1. The SMILES string of the molecule is CCN(Cc1ccc(Br)nc1)C(=C[N+](=O)[O-])N(C)C=O. The van der Waals surface area contributed by atoms with Crippen molar-refractivity contribution < 1.29 is 9.72 Å². The van der Waals surface area contributed by atoms with Crippen molar-refractivity contribution in [1.29, 1.82) is 0 Å². The maximum absolute atomic E-state index is 10.9. The summed E-state index contributed by atoms with van der Waals surface area (Å²) in [5, 5.41) is 10.7. The molecular formula is C12H15BrN4O3. The largest absolute Gasteiger partial charge is 0.349 e. The van der Waals surface area contributed by atoms with E-state index >= 15 is 0 Å². The Kier molecular flexibility index (Phi) is 6.10. The Labute approximate surface area is 125 Å². The van der Waals surface area contributed by atoms with Crippen molar-refractivity contribution in [3.8, 4) is 0 Å². The molecule has 0 radical (unpaired) electrons. The number of nitro groups is 1. The molecule has 108 valence electrons. The fourth-order valence-corrected chi connectivity index (χ4v) is 1.85. The number of carbonyl (C=O) groups excluding carboxylic acids is 1. The molecule has 1 aromatic heterocycles. The van der Waals surface area contributed by atoms with Gasteiger partial charge in [-0.1, -0.05) is 6.07 Å². The number of nitrogens with zero attached hydrogens (tertiary/aromatic N) is 4. The third-order valence-electron chi connectivity index (χ3n) is 2.61. The first-order valence-corrected chi connectivity index (χ1v) is 6.66. The summed E-state index contributed by atoms with van der Waals surface area (Å²) < 4.78 is 0.718. The summed E-state index contributed by atoms with van der Waals surface area (Å²) >= 11 is 3.24. The van der Waals surface area contributed by atoms with Crippen LogP contribution in [0.4, 0.5) is 0 Å². The lowest BCUT2D eigenvalue weighted by Crippen LogP contribution is -2.33. The molecular weight excluding hydrogens is 328 g/mol. The molecule has 0 atom stereocenters. The first-order chi connectivity index (χ1) is 9.47. The summed E-state index contributed by atoms with van der Waals surface area (Å²) in [7, 11) is 1.48. The highest BCUT2D eigenvalue weighted by molar-refractivity contribution is 9.10. The van der Waals surface area contributed by atoms with Crippen LogP contribution in [0.15, 0.2) is 35.0 Å². The van der Waals surface area contributed by atoms with Crippen LogP contribution < -0.4 is 0 Å². The second kappa shape index (κ2) is 7.59. The molecule has 0 spiro atoms. The third kappa shape index (κ3) is 4.61. The Balaban J connectivity index is 2.98. The average Bonchev–Trinajstić information content (AvgIpc) is 2.43. The quantitative estimate of drug-likeness (QED) is 0.327. The van der Waals surface area contributed by atoms with Crippen LogP contribution in [-0.2, 0) is 11.3 Å². The Morgan fingerprint density at radius 3 is 2.70 bits per heavy atom. The third-order valence-corrected chi connectivity index (χ3v) is 3.08. The lowest BCUT2D eigenvalue weighted by atomic mass is 10.2. The van der Waals surface area contributed by atoms with E-state index in [0.29, 0.717) is 19.5 Å². The van der Waals surface area contributed by atoms with Gasteiger partial charge >= 0.3 is 0 Å². The molecule has 0 aliphatic rings. The van der Waals surface area contributed by atoms with Gasteiger partial charge in [0.2, 0.25) is 6.41 Å². The Hall–Kier alpha value is -1.96. The van der Waals surface area contributed by atoms with Gasteiger partial charge in [0.05, 0.1) is 4.92 Å². The van der Waals surface area contributed by atoms with Crippen LogP contribution in [0, 0.1) is 10.1 Å². The second-order valence-electron chi connectivity index (χ2n) is 3.99. The Morgan fingerprint density at radius 1 is 1.55 bits per heavy atom. The molecule has 1 heterocycles. The van der Waals surface area contributed by atoms with Crippen molar-refractivity contribution in [2.45, 2.75) is 13.5 Å². The van der Waals surface area contributed by atoms with Crippen LogP contribution in [-0.4, -0.2) is 39.7 Å². The van der Waals surface area contributed by atoms with E-state index < -0.39 is 4.92 Å². The van der Waals surface area contributed by atoms with Crippen LogP contribution in [0.5, 0.6) is 0 Å². The van der Waals surface area contributed by atoms with E-state index in [9.17, 15) is 14.9 Å². The normalized spacial score (nSPS) is 11.1. The van der Waals surface area contributed by atoms with E-state index in [-0.39, 0.29) is 5.82 Å². The lowest BCUT2D eigenvalue weighted by Gasteiger charge is -2.27. The lowest BCUT2D eigenvalue weighted by molar-refractivity contribution is -0.405. The molecule has 1 aromatic rings. The Bertz CT molecular complexity index is 504. The summed E-state index contributed by atoms with van der Waals surface area (Å²) in [5.41, 5.74) is 0.892. The van der Waals surface area contributed by atoms with E-state index in [1.165, 1.54) is 11.9 Å². The molecule has 0 aliphatic heterocycles. The van der Waals surface area contributed by atoms with Gasteiger partial charge in [-0.15, -0.1) is 0 Å². The smallest absolute Gasteiger partial charge is 0.274 e. The van der Waals surface area contributed by atoms with E-state index in [4.69, 9.17) is 0 Å². The monoisotopic (exact) mass is 342 g/mol. The summed E-state index contributed by atoms with van der Waals surface area (Å²) in [6.07, 6.45) is 3.04. The zero-order chi connectivity index (χ0) is 15.1. The van der Waals surface area contributed by atoms with Gasteiger partial charge < -0.3 is 4.90 Å². The van der Waals surface area contributed by atoms with Crippen molar-refractivity contribution >= 4 is 22.3 Å². The van der Waals surface area contributed by atoms with Crippen molar-refractivity contribution in [2.75, 3.05) is 13.6 Å². The van der Waals surface area contributed by atoms with E-state index in [1.807, 2.05) is 13.0 Å². The maximum atomic E-state index is 10.9. The minimum Gasteiger partial charge on any atom is -0.349 e. The van der Waals surface area contributed by atoms with Gasteiger partial charge in [0.15, 0.2) is 5.82 Å². The molecule has 1 rings (SSSR count). The number of aromatic nitrogens is 1. The van der Waals surface area contributed by atoms with Crippen molar-refractivity contribution in [1.82, 2.24) is 14.8 Å². The molecule has 8 heteroatoms. The summed E-state index contributed by atoms with van der Waals surface area (Å²) in [5.74, 6) is 0.232. The molecule has 0 fully saturated rings. The topological polar surface area (TPSA) is 79.6 Å². The van der Waals surface area contributed by atoms with Gasteiger partial charge in [-0.2, -0.15) is 0 Å². The van der Waals surface area contributed by atoms with Crippen LogP contribution in [0.25, 0.3) is 0 Å².